The van der Waals surface area contributed by atoms with Gasteiger partial charge in [0.1, 0.15) is 0 Å². The summed E-state index contributed by atoms with van der Waals surface area (Å²) in [5.41, 5.74) is 4.07. The molecule has 2 rings (SSSR count). The Morgan fingerprint density at radius 1 is 1.45 bits per heavy atom. The third-order valence-electron chi connectivity index (χ3n) is 3.86. The van der Waals surface area contributed by atoms with Crippen LogP contribution in [-0.4, -0.2) is 17.5 Å². The topological polar surface area (TPSA) is 84.4 Å². The summed E-state index contributed by atoms with van der Waals surface area (Å²) >= 11 is 0. The minimum atomic E-state index is -0.372. The second-order valence-corrected chi connectivity index (χ2v) is 5.27. The number of hydrogen-bond donors (Lipinski definition) is 2. The van der Waals surface area contributed by atoms with Gasteiger partial charge in [-0.1, -0.05) is 13.3 Å². The van der Waals surface area contributed by atoms with E-state index in [4.69, 9.17) is 5.84 Å². The smallest absolute Gasteiger partial charge is 0.273 e. The summed E-state index contributed by atoms with van der Waals surface area (Å²) in [5.74, 6) is 5.42. The van der Waals surface area contributed by atoms with E-state index in [-0.39, 0.29) is 10.6 Å². The van der Waals surface area contributed by atoms with Gasteiger partial charge in [-0.15, -0.1) is 0 Å². The molecule has 0 radical (unpaired) electrons. The number of nitrogen functional groups attached to an aromatic ring is 1. The lowest BCUT2D eigenvalue weighted by molar-refractivity contribution is -0.384. The molecule has 20 heavy (non-hydrogen) atoms. The molecule has 0 amide bonds. The van der Waals surface area contributed by atoms with E-state index < -0.39 is 0 Å². The van der Waals surface area contributed by atoms with E-state index in [0.29, 0.717) is 11.7 Å². The van der Waals surface area contributed by atoms with Crippen molar-refractivity contribution in [1.29, 1.82) is 0 Å². The van der Waals surface area contributed by atoms with E-state index in [1.807, 2.05) is 6.07 Å². The molecule has 0 saturated carbocycles. The van der Waals surface area contributed by atoms with Crippen LogP contribution >= 0.6 is 0 Å². The average molecular weight is 278 g/mol. The fourth-order valence-corrected chi connectivity index (χ4v) is 2.92. The maximum absolute atomic E-state index is 11.0. The van der Waals surface area contributed by atoms with Crippen LogP contribution in [0.5, 0.6) is 0 Å². The quantitative estimate of drug-likeness (QED) is 0.491. The Labute approximate surface area is 119 Å². The second kappa shape index (κ2) is 6.56. The SMILES string of the molecule is CCCC1CCCCN1c1cc(NN)cc([N+](=O)[O-])c1. The third-order valence-corrected chi connectivity index (χ3v) is 3.86. The van der Waals surface area contributed by atoms with Crippen LogP contribution in [0.2, 0.25) is 0 Å². The van der Waals surface area contributed by atoms with E-state index in [9.17, 15) is 10.1 Å². The van der Waals surface area contributed by atoms with Gasteiger partial charge in [0.2, 0.25) is 0 Å². The Kier molecular flexibility index (Phi) is 4.79. The van der Waals surface area contributed by atoms with Gasteiger partial charge < -0.3 is 10.3 Å². The Morgan fingerprint density at radius 2 is 2.25 bits per heavy atom. The summed E-state index contributed by atoms with van der Waals surface area (Å²) < 4.78 is 0. The summed E-state index contributed by atoms with van der Waals surface area (Å²) in [5, 5.41) is 11.0. The number of nitrogens with zero attached hydrogens (tertiary/aromatic N) is 2. The molecule has 3 N–H and O–H groups in total. The highest BCUT2D eigenvalue weighted by Gasteiger charge is 2.23. The summed E-state index contributed by atoms with van der Waals surface area (Å²) in [6, 6.07) is 5.47. The normalized spacial score (nSPS) is 18.9. The lowest BCUT2D eigenvalue weighted by atomic mass is 9.97. The number of nitro groups is 1. The van der Waals surface area contributed by atoms with Crippen LogP contribution in [0.3, 0.4) is 0 Å². The van der Waals surface area contributed by atoms with Gasteiger partial charge in [0.25, 0.3) is 5.69 Å². The average Bonchev–Trinajstić information content (AvgIpc) is 2.47. The lowest BCUT2D eigenvalue weighted by Gasteiger charge is -2.37. The van der Waals surface area contributed by atoms with Crippen molar-refractivity contribution < 1.29 is 4.92 Å². The number of piperidine rings is 1. The predicted molar refractivity (Wildman–Crippen MR) is 80.8 cm³/mol. The molecule has 1 unspecified atom stereocenters. The number of hydrazine groups is 1. The third kappa shape index (κ3) is 3.19. The molecule has 110 valence electrons. The maximum atomic E-state index is 11.0. The molecule has 0 spiro atoms. The molecule has 1 aromatic rings. The summed E-state index contributed by atoms with van der Waals surface area (Å²) in [6.07, 6.45) is 5.76. The van der Waals surface area contributed by atoms with E-state index in [2.05, 4.69) is 17.2 Å². The van der Waals surface area contributed by atoms with Crippen LogP contribution < -0.4 is 16.2 Å². The van der Waals surface area contributed by atoms with Gasteiger partial charge in [0.05, 0.1) is 10.6 Å². The molecular weight excluding hydrogens is 256 g/mol. The highest BCUT2D eigenvalue weighted by Crippen LogP contribution is 2.32. The standard InChI is InChI=1S/C14H22N4O2/c1-2-5-12-6-3-4-7-17(12)13-8-11(16-15)9-14(10-13)18(19)20/h8-10,12,16H,2-7,15H2,1H3. The summed E-state index contributed by atoms with van der Waals surface area (Å²) in [4.78, 5) is 13.0. The first kappa shape index (κ1) is 14.6. The van der Waals surface area contributed by atoms with Crippen molar-refractivity contribution in [2.75, 3.05) is 16.9 Å². The predicted octanol–water partition coefficient (Wildman–Crippen LogP) is 3.04. The molecule has 1 aliphatic rings. The Balaban J connectivity index is 2.33. The Morgan fingerprint density at radius 3 is 2.90 bits per heavy atom. The Hall–Kier alpha value is -1.82. The molecule has 1 fully saturated rings. The van der Waals surface area contributed by atoms with E-state index in [1.54, 1.807) is 6.07 Å². The van der Waals surface area contributed by atoms with Crippen molar-refractivity contribution >= 4 is 17.1 Å². The number of nitrogens with one attached hydrogen (secondary N) is 1. The van der Waals surface area contributed by atoms with E-state index in [1.165, 1.54) is 12.5 Å². The number of rotatable bonds is 5. The summed E-state index contributed by atoms with van der Waals surface area (Å²) in [6.45, 7) is 3.13. The molecule has 0 aliphatic carbocycles. The zero-order chi connectivity index (χ0) is 14.5. The second-order valence-electron chi connectivity index (χ2n) is 5.27. The van der Waals surface area contributed by atoms with Gasteiger partial charge in [-0.2, -0.15) is 0 Å². The minimum Gasteiger partial charge on any atom is -0.368 e. The molecule has 6 heteroatoms. The molecular formula is C14H22N4O2. The zero-order valence-corrected chi connectivity index (χ0v) is 11.8. The highest BCUT2D eigenvalue weighted by atomic mass is 16.6. The van der Waals surface area contributed by atoms with Gasteiger partial charge in [0, 0.05) is 30.4 Å². The number of non-ortho nitro benzene ring substituents is 1. The fraction of sp³-hybridized carbons (Fsp3) is 0.571. The van der Waals surface area contributed by atoms with Crippen molar-refractivity contribution in [3.8, 4) is 0 Å². The van der Waals surface area contributed by atoms with Gasteiger partial charge >= 0.3 is 0 Å². The molecule has 1 aromatic carbocycles. The van der Waals surface area contributed by atoms with Gasteiger partial charge in [-0.05, 0) is 31.7 Å². The largest absolute Gasteiger partial charge is 0.368 e. The first-order chi connectivity index (χ1) is 9.65. The van der Waals surface area contributed by atoms with Crippen LogP contribution in [0.25, 0.3) is 0 Å². The number of hydrogen-bond acceptors (Lipinski definition) is 5. The molecule has 1 aliphatic heterocycles. The van der Waals surface area contributed by atoms with Crippen LogP contribution in [0, 0.1) is 10.1 Å². The molecule has 1 atom stereocenters. The number of nitro benzene ring substituents is 1. The molecule has 1 saturated heterocycles. The lowest BCUT2D eigenvalue weighted by Crippen LogP contribution is -2.39. The maximum Gasteiger partial charge on any atom is 0.273 e. The first-order valence-corrected chi connectivity index (χ1v) is 7.18. The van der Waals surface area contributed by atoms with Crippen molar-refractivity contribution in [2.24, 2.45) is 5.84 Å². The van der Waals surface area contributed by atoms with Crippen LogP contribution in [0.15, 0.2) is 18.2 Å². The van der Waals surface area contributed by atoms with Gasteiger partial charge in [-0.3, -0.25) is 16.0 Å². The summed E-state index contributed by atoms with van der Waals surface area (Å²) in [7, 11) is 0. The van der Waals surface area contributed by atoms with Gasteiger partial charge in [-0.25, -0.2) is 0 Å². The van der Waals surface area contributed by atoms with E-state index >= 15 is 0 Å². The van der Waals surface area contributed by atoms with Crippen molar-refractivity contribution in [3.05, 3.63) is 28.3 Å². The van der Waals surface area contributed by atoms with Crippen molar-refractivity contribution in [2.45, 2.75) is 45.1 Å². The minimum absolute atomic E-state index is 0.0799. The van der Waals surface area contributed by atoms with Crippen LogP contribution in [0.4, 0.5) is 17.1 Å². The molecule has 6 nitrogen and oxygen atoms in total. The molecule has 1 heterocycles. The number of nitrogens with two attached hydrogens (primary N) is 1. The van der Waals surface area contributed by atoms with Crippen molar-refractivity contribution in [1.82, 2.24) is 0 Å². The number of benzene rings is 1. The molecule has 0 aromatic heterocycles. The van der Waals surface area contributed by atoms with Crippen LogP contribution in [-0.2, 0) is 0 Å². The monoisotopic (exact) mass is 278 g/mol. The highest BCUT2D eigenvalue weighted by molar-refractivity contribution is 5.64. The first-order valence-electron chi connectivity index (χ1n) is 7.18. The zero-order valence-electron chi connectivity index (χ0n) is 11.8. The van der Waals surface area contributed by atoms with Gasteiger partial charge in [0.15, 0.2) is 0 Å². The molecule has 0 bridgehead atoms. The number of anilines is 2. The van der Waals surface area contributed by atoms with Crippen LogP contribution in [0.1, 0.15) is 39.0 Å². The Bertz CT molecular complexity index is 476. The fourth-order valence-electron chi connectivity index (χ4n) is 2.92. The van der Waals surface area contributed by atoms with Crippen molar-refractivity contribution in [3.63, 3.8) is 0 Å². The van der Waals surface area contributed by atoms with E-state index in [0.717, 1.165) is 37.9 Å².